The molecule has 0 saturated heterocycles. The summed E-state index contributed by atoms with van der Waals surface area (Å²) in [6.45, 7) is 4.34. The second kappa shape index (κ2) is 6.00. The highest BCUT2D eigenvalue weighted by Gasteiger charge is 2.11. The van der Waals surface area contributed by atoms with Crippen LogP contribution in [-0.4, -0.2) is 17.5 Å². The maximum atomic E-state index is 12.2. The Labute approximate surface area is 112 Å². The summed E-state index contributed by atoms with van der Waals surface area (Å²) in [7, 11) is 0. The third kappa shape index (κ3) is 3.10. The maximum Gasteiger partial charge on any atom is 0.257 e. The van der Waals surface area contributed by atoms with Crippen molar-refractivity contribution >= 4 is 11.6 Å². The molecule has 2 rings (SSSR count). The van der Waals surface area contributed by atoms with Crippen LogP contribution in [0, 0.1) is 6.92 Å². The predicted octanol–water partition coefficient (Wildman–Crippen LogP) is 3.04. The number of hydrogen-bond donors (Lipinski definition) is 1. The summed E-state index contributed by atoms with van der Waals surface area (Å²) in [6, 6.07) is 9.18. The molecule has 0 atom stereocenters. The second-order valence-corrected chi connectivity index (χ2v) is 4.07. The number of anilines is 1. The van der Waals surface area contributed by atoms with E-state index in [4.69, 9.17) is 4.74 Å². The number of aryl methyl sites for hydroxylation is 1. The van der Waals surface area contributed by atoms with Crippen molar-refractivity contribution in [3.05, 3.63) is 53.9 Å². The SMILES string of the molecule is CCOc1ccccc1NC(=O)c1cnccc1C. The minimum absolute atomic E-state index is 0.183. The third-order valence-corrected chi connectivity index (χ3v) is 2.72. The number of rotatable bonds is 4. The topological polar surface area (TPSA) is 51.2 Å². The van der Waals surface area contributed by atoms with Gasteiger partial charge in [-0.2, -0.15) is 0 Å². The van der Waals surface area contributed by atoms with Gasteiger partial charge in [-0.3, -0.25) is 9.78 Å². The Balaban J connectivity index is 2.22. The van der Waals surface area contributed by atoms with Crippen LogP contribution in [0.5, 0.6) is 5.75 Å². The summed E-state index contributed by atoms with van der Waals surface area (Å²) >= 11 is 0. The molecule has 98 valence electrons. The first-order chi connectivity index (χ1) is 9.22. The summed E-state index contributed by atoms with van der Waals surface area (Å²) in [4.78, 5) is 16.2. The molecule has 0 aliphatic heterocycles. The van der Waals surface area contributed by atoms with Gasteiger partial charge in [0, 0.05) is 12.4 Å². The smallest absolute Gasteiger partial charge is 0.257 e. The number of pyridine rings is 1. The Morgan fingerprint density at radius 1 is 1.32 bits per heavy atom. The number of nitrogens with one attached hydrogen (secondary N) is 1. The molecule has 0 radical (unpaired) electrons. The summed E-state index contributed by atoms with van der Waals surface area (Å²) in [5.74, 6) is 0.484. The molecule has 1 amide bonds. The lowest BCUT2D eigenvalue weighted by molar-refractivity contribution is 0.102. The molecule has 1 aromatic heterocycles. The number of benzene rings is 1. The largest absolute Gasteiger partial charge is 0.492 e. The van der Waals surface area contributed by atoms with E-state index in [1.54, 1.807) is 12.4 Å². The molecule has 0 saturated carbocycles. The van der Waals surface area contributed by atoms with Crippen LogP contribution in [0.4, 0.5) is 5.69 Å². The number of nitrogens with zero attached hydrogens (tertiary/aromatic N) is 1. The molecule has 2 aromatic rings. The van der Waals surface area contributed by atoms with E-state index in [0.29, 0.717) is 23.6 Å². The van der Waals surface area contributed by atoms with Crippen molar-refractivity contribution in [1.29, 1.82) is 0 Å². The zero-order valence-corrected chi connectivity index (χ0v) is 11.0. The fourth-order valence-electron chi connectivity index (χ4n) is 1.74. The molecule has 1 heterocycles. The first-order valence-electron chi connectivity index (χ1n) is 6.16. The fourth-order valence-corrected chi connectivity index (χ4v) is 1.74. The molecule has 4 nitrogen and oxygen atoms in total. The Morgan fingerprint density at radius 3 is 2.84 bits per heavy atom. The van der Waals surface area contributed by atoms with Crippen molar-refractivity contribution in [1.82, 2.24) is 4.98 Å². The number of carbonyl (C=O) groups is 1. The molecule has 0 aliphatic carbocycles. The Bertz CT molecular complexity index is 582. The predicted molar refractivity (Wildman–Crippen MR) is 74.5 cm³/mol. The average molecular weight is 256 g/mol. The van der Waals surface area contributed by atoms with E-state index in [1.165, 1.54) is 0 Å². The van der Waals surface area contributed by atoms with Crippen molar-refractivity contribution < 1.29 is 9.53 Å². The molecule has 0 spiro atoms. The van der Waals surface area contributed by atoms with Crippen molar-refractivity contribution in [2.24, 2.45) is 0 Å². The number of amides is 1. The molecular weight excluding hydrogens is 240 g/mol. The summed E-state index contributed by atoms with van der Waals surface area (Å²) in [5.41, 5.74) is 2.12. The highest BCUT2D eigenvalue weighted by atomic mass is 16.5. The van der Waals surface area contributed by atoms with Crippen molar-refractivity contribution in [2.45, 2.75) is 13.8 Å². The number of carbonyl (C=O) groups excluding carboxylic acids is 1. The quantitative estimate of drug-likeness (QED) is 0.914. The van der Waals surface area contributed by atoms with Crippen molar-refractivity contribution in [3.63, 3.8) is 0 Å². The number of aromatic nitrogens is 1. The van der Waals surface area contributed by atoms with Crippen LogP contribution < -0.4 is 10.1 Å². The standard InChI is InChI=1S/C15H16N2O2/c1-3-19-14-7-5-4-6-13(14)17-15(18)12-10-16-9-8-11(12)2/h4-10H,3H2,1-2H3,(H,17,18). The lowest BCUT2D eigenvalue weighted by atomic mass is 10.1. The van der Waals surface area contributed by atoms with Crippen molar-refractivity contribution in [2.75, 3.05) is 11.9 Å². The van der Waals surface area contributed by atoms with E-state index in [1.807, 2.05) is 44.2 Å². The van der Waals surface area contributed by atoms with Crippen LogP contribution in [0.25, 0.3) is 0 Å². The Kier molecular flexibility index (Phi) is 4.13. The first-order valence-corrected chi connectivity index (χ1v) is 6.16. The highest BCUT2D eigenvalue weighted by Crippen LogP contribution is 2.24. The number of para-hydroxylation sites is 2. The van der Waals surface area contributed by atoms with Gasteiger partial charge in [-0.05, 0) is 37.6 Å². The van der Waals surface area contributed by atoms with E-state index in [9.17, 15) is 4.79 Å². The Morgan fingerprint density at radius 2 is 2.11 bits per heavy atom. The van der Waals surface area contributed by atoms with Gasteiger partial charge in [-0.1, -0.05) is 12.1 Å². The summed E-state index contributed by atoms with van der Waals surface area (Å²) in [5, 5.41) is 2.85. The van der Waals surface area contributed by atoms with Crippen LogP contribution in [0.3, 0.4) is 0 Å². The fraction of sp³-hybridized carbons (Fsp3) is 0.200. The maximum absolute atomic E-state index is 12.2. The molecule has 4 heteroatoms. The lowest BCUT2D eigenvalue weighted by Gasteiger charge is -2.11. The van der Waals surface area contributed by atoms with Gasteiger partial charge in [0.05, 0.1) is 17.9 Å². The van der Waals surface area contributed by atoms with E-state index in [2.05, 4.69) is 10.3 Å². The molecule has 0 fully saturated rings. The normalized spacial score (nSPS) is 10.0. The Hall–Kier alpha value is -2.36. The van der Waals surface area contributed by atoms with Crippen molar-refractivity contribution in [3.8, 4) is 5.75 Å². The number of ether oxygens (including phenoxy) is 1. The van der Waals surface area contributed by atoms with Gasteiger partial charge in [0.2, 0.25) is 0 Å². The van der Waals surface area contributed by atoms with Crippen LogP contribution in [0.2, 0.25) is 0 Å². The third-order valence-electron chi connectivity index (χ3n) is 2.72. The molecule has 1 N–H and O–H groups in total. The minimum Gasteiger partial charge on any atom is -0.492 e. The van der Waals surface area contributed by atoms with Gasteiger partial charge in [0.15, 0.2) is 0 Å². The molecule has 0 aliphatic rings. The lowest BCUT2D eigenvalue weighted by Crippen LogP contribution is -2.14. The van der Waals surface area contributed by atoms with Crippen LogP contribution in [0.1, 0.15) is 22.8 Å². The summed E-state index contributed by atoms with van der Waals surface area (Å²) < 4.78 is 5.47. The first kappa shape index (κ1) is 13.1. The summed E-state index contributed by atoms with van der Waals surface area (Å²) in [6.07, 6.45) is 3.23. The molecule has 19 heavy (non-hydrogen) atoms. The minimum atomic E-state index is -0.183. The van der Waals surface area contributed by atoms with Gasteiger partial charge in [-0.15, -0.1) is 0 Å². The van der Waals surface area contributed by atoms with Crippen LogP contribution in [0.15, 0.2) is 42.7 Å². The van der Waals surface area contributed by atoms with Crippen LogP contribution >= 0.6 is 0 Å². The van der Waals surface area contributed by atoms with Gasteiger partial charge < -0.3 is 10.1 Å². The molecule has 0 unspecified atom stereocenters. The van der Waals surface area contributed by atoms with Crippen LogP contribution in [-0.2, 0) is 0 Å². The van der Waals surface area contributed by atoms with E-state index in [-0.39, 0.29) is 5.91 Å². The monoisotopic (exact) mass is 256 g/mol. The zero-order valence-electron chi connectivity index (χ0n) is 11.0. The van der Waals surface area contributed by atoms with Gasteiger partial charge in [0.25, 0.3) is 5.91 Å². The van der Waals surface area contributed by atoms with E-state index in [0.717, 1.165) is 5.56 Å². The highest BCUT2D eigenvalue weighted by molar-refractivity contribution is 6.05. The molecular formula is C15H16N2O2. The van der Waals surface area contributed by atoms with E-state index >= 15 is 0 Å². The second-order valence-electron chi connectivity index (χ2n) is 4.07. The van der Waals surface area contributed by atoms with Gasteiger partial charge in [0.1, 0.15) is 5.75 Å². The van der Waals surface area contributed by atoms with E-state index < -0.39 is 0 Å². The molecule has 1 aromatic carbocycles. The zero-order chi connectivity index (χ0) is 13.7. The number of hydrogen-bond acceptors (Lipinski definition) is 3. The van der Waals surface area contributed by atoms with Gasteiger partial charge >= 0.3 is 0 Å². The average Bonchev–Trinajstić information content (AvgIpc) is 2.41. The van der Waals surface area contributed by atoms with Gasteiger partial charge in [-0.25, -0.2) is 0 Å². The molecule has 0 bridgehead atoms.